The van der Waals surface area contributed by atoms with Crippen LogP contribution in [-0.4, -0.2) is 15.9 Å². The minimum atomic E-state index is -0.183. The summed E-state index contributed by atoms with van der Waals surface area (Å²) in [5, 5.41) is 3.00. The van der Waals surface area contributed by atoms with Gasteiger partial charge in [-0.15, -0.1) is 0 Å². The largest absolute Gasteiger partial charge is 0.457 e. The van der Waals surface area contributed by atoms with Crippen LogP contribution in [0.15, 0.2) is 91.3 Å². The van der Waals surface area contributed by atoms with Gasteiger partial charge in [0.05, 0.1) is 11.4 Å². The van der Waals surface area contributed by atoms with Crippen LogP contribution >= 0.6 is 0 Å². The molecule has 0 bridgehead atoms. The van der Waals surface area contributed by atoms with Gasteiger partial charge in [0.25, 0.3) is 5.91 Å². The monoisotopic (exact) mass is 423 g/mol. The number of aryl methyl sites for hydroxylation is 1. The molecule has 0 saturated carbocycles. The molecule has 0 spiro atoms. The first-order valence-corrected chi connectivity index (χ1v) is 10.6. The second kappa shape index (κ2) is 9.88. The quantitative estimate of drug-likeness (QED) is 0.386. The van der Waals surface area contributed by atoms with E-state index in [1.54, 1.807) is 24.5 Å². The summed E-state index contributed by atoms with van der Waals surface area (Å²) in [6.45, 7) is 4.09. The van der Waals surface area contributed by atoms with Crippen molar-refractivity contribution in [2.24, 2.45) is 0 Å². The topological polar surface area (TPSA) is 64.1 Å². The third kappa shape index (κ3) is 5.58. The van der Waals surface area contributed by atoms with Crippen molar-refractivity contribution in [3.05, 3.63) is 114 Å². The van der Waals surface area contributed by atoms with Gasteiger partial charge in [-0.05, 0) is 67.3 Å². The first kappa shape index (κ1) is 21.2. The van der Waals surface area contributed by atoms with E-state index in [1.165, 1.54) is 0 Å². The molecule has 0 saturated heterocycles. The van der Waals surface area contributed by atoms with E-state index < -0.39 is 0 Å². The van der Waals surface area contributed by atoms with Crippen LogP contribution in [0.1, 0.15) is 40.2 Å². The molecule has 0 radical (unpaired) electrons. The zero-order valence-electron chi connectivity index (χ0n) is 18.2. The number of carbonyl (C=O) groups is 1. The lowest BCUT2D eigenvalue weighted by atomic mass is 9.96. The number of hydrogen-bond acceptors (Lipinski definition) is 4. The highest BCUT2D eigenvalue weighted by Crippen LogP contribution is 2.24. The van der Waals surface area contributed by atoms with Gasteiger partial charge < -0.3 is 10.1 Å². The SMILES string of the molecule is Cc1cncc(C[C@@H](C)c2cccc(NC(=O)c3cccc(Oc4ccccc4)c3)c2)n1. The number of ether oxygens (including phenoxy) is 1. The maximum Gasteiger partial charge on any atom is 0.255 e. The van der Waals surface area contributed by atoms with Crippen LogP contribution in [0.2, 0.25) is 0 Å². The molecular weight excluding hydrogens is 398 g/mol. The first-order chi connectivity index (χ1) is 15.6. The molecule has 1 heterocycles. The number of hydrogen-bond donors (Lipinski definition) is 1. The van der Waals surface area contributed by atoms with Crippen molar-refractivity contribution >= 4 is 11.6 Å². The summed E-state index contributed by atoms with van der Waals surface area (Å²) in [6, 6.07) is 24.6. The van der Waals surface area contributed by atoms with Crippen molar-refractivity contribution in [3.63, 3.8) is 0 Å². The highest BCUT2D eigenvalue weighted by atomic mass is 16.5. The summed E-state index contributed by atoms with van der Waals surface area (Å²) in [7, 11) is 0. The fourth-order valence-electron chi connectivity index (χ4n) is 3.50. The highest BCUT2D eigenvalue weighted by Gasteiger charge is 2.12. The van der Waals surface area contributed by atoms with Gasteiger partial charge in [0.1, 0.15) is 11.5 Å². The van der Waals surface area contributed by atoms with E-state index in [0.29, 0.717) is 11.3 Å². The van der Waals surface area contributed by atoms with E-state index in [9.17, 15) is 4.79 Å². The number of amides is 1. The van der Waals surface area contributed by atoms with Crippen LogP contribution in [0.4, 0.5) is 5.69 Å². The second-order valence-corrected chi connectivity index (χ2v) is 7.78. The summed E-state index contributed by atoms with van der Waals surface area (Å²) >= 11 is 0. The van der Waals surface area contributed by atoms with Crippen LogP contribution in [0.5, 0.6) is 11.5 Å². The van der Waals surface area contributed by atoms with Crippen LogP contribution in [0.3, 0.4) is 0 Å². The molecule has 1 N–H and O–H groups in total. The fourth-order valence-corrected chi connectivity index (χ4v) is 3.50. The van der Waals surface area contributed by atoms with Crippen molar-refractivity contribution < 1.29 is 9.53 Å². The average molecular weight is 424 g/mol. The number of nitrogens with one attached hydrogen (secondary N) is 1. The second-order valence-electron chi connectivity index (χ2n) is 7.78. The molecule has 0 aliphatic heterocycles. The van der Waals surface area contributed by atoms with Gasteiger partial charge in [-0.1, -0.05) is 43.3 Å². The Kier molecular flexibility index (Phi) is 6.56. The normalized spacial score (nSPS) is 11.6. The van der Waals surface area contributed by atoms with E-state index >= 15 is 0 Å². The Morgan fingerprint density at radius 1 is 0.938 bits per heavy atom. The van der Waals surface area contributed by atoms with Gasteiger partial charge in [-0.25, -0.2) is 0 Å². The van der Waals surface area contributed by atoms with Gasteiger partial charge in [0, 0.05) is 23.6 Å². The number of nitrogens with zero attached hydrogens (tertiary/aromatic N) is 2. The minimum absolute atomic E-state index is 0.183. The zero-order valence-corrected chi connectivity index (χ0v) is 18.2. The van der Waals surface area contributed by atoms with Crippen LogP contribution < -0.4 is 10.1 Å². The van der Waals surface area contributed by atoms with Crippen LogP contribution in [0, 0.1) is 6.92 Å². The molecule has 32 heavy (non-hydrogen) atoms. The molecule has 0 aliphatic rings. The van der Waals surface area contributed by atoms with E-state index in [0.717, 1.165) is 34.8 Å². The van der Waals surface area contributed by atoms with Gasteiger partial charge in [-0.2, -0.15) is 0 Å². The Bertz CT molecular complexity index is 1210. The fraction of sp³-hybridized carbons (Fsp3) is 0.148. The molecule has 3 aromatic carbocycles. The molecule has 5 nitrogen and oxygen atoms in total. The van der Waals surface area contributed by atoms with Crippen molar-refractivity contribution in [1.82, 2.24) is 9.97 Å². The number of para-hydroxylation sites is 1. The van der Waals surface area contributed by atoms with Crippen LogP contribution in [-0.2, 0) is 6.42 Å². The van der Waals surface area contributed by atoms with Crippen LogP contribution in [0.25, 0.3) is 0 Å². The lowest BCUT2D eigenvalue weighted by molar-refractivity contribution is 0.102. The van der Waals surface area contributed by atoms with E-state index in [2.05, 4.69) is 28.3 Å². The molecule has 1 aromatic heterocycles. The van der Waals surface area contributed by atoms with Crippen molar-refractivity contribution in [2.45, 2.75) is 26.2 Å². The summed E-state index contributed by atoms with van der Waals surface area (Å²) in [5.74, 6) is 1.40. The summed E-state index contributed by atoms with van der Waals surface area (Å²) < 4.78 is 5.84. The van der Waals surface area contributed by atoms with Crippen molar-refractivity contribution in [3.8, 4) is 11.5 Å². The summed E-state index contributed by atoms with van der Waals surface area (Å²) in [5.41, 5.74) is 4.29. The minimum Gasteiger partial charge on any atom is -0.457 e. The number of anilines is 1. The molecule has 5 heteroatoms. The number of benzene rings is 3. The highest BCUT2D eigenvalue weighted by molar-refractivity contribution is 6.04. The molecule has 1 atom stereocenters. The molecule has 1 amide bonds. The maximum absolute atomic E-state index is 12.8. The van der Waals surface area contributed by atoms with Gasteiger partial charge >= 0.3 is 0 Å². The molecule has 4 aromatic rings. The predicted octanol–water partition coefficient (Wildman–Crippen LogP) is 6.18. The molecule has 4 rings (SSSR count). The average Bonchev–Trinajstić information content (AvgIpc) is 2.80. The standard InChI is InChI=1S/C27H25N3O2/c1-19(14-24-18-28-17-20(2)29-24)21-8-6-10-23(15-21)30-27(31)22-9-7-13-26(16-22)32-25-11-4-3-5-12-25/h3-13,15-19H,14H2,1-2H3,(H,30,31)/t19-/m1/s1. The summed E-state index contributed by atoms with van der Waals surface area (Å²) in [6.07, 6.45) is 4.34. The lowest BCUT2D eigenvalue weighted by Crippen LogP contribution is -2.12. The molecule has 0 fully saturated rings. The summed E-state index contributed by atoms with van der Waals surface area (Å²) in [4.78, 5) is 21.6. The Labute approximate surface area is 188 Å². The Morgan fingerprint density at radius 2 is 1.72 bits per heavy atom. The zero-order chi connectivity index (χ0) is 22.3. The Balaban J connectivity index is 1.44. The van der Waals surface area contributed by atoms with Crippen molar-refractivity contribution in [1.29, 1.82) is 0 Å². The number of aromatic nitrogens is 2. The third-order valence-corrected chi connectivity index (χ3v) is 5.11. The van der Waals surface area contributed by atoms with Gasteiger partial charge in [0.2, 0.25) is 0 Å². The van der Waals surface area contributed by atoms with Gasteiger partial charge in [-0.3, -0.25) is 14.8 Å². The van der Waals surface area contributed by atoms with E-state index in [4.69, 9.17) is 4.74 Å². The van der Waals surface area contributed by atoms with Crippen molar-refractivity contribution in [2.75, 3.05) is 5.32 Å². The lowest BCUT2D eigenvalue weighted by Gasteiger charge is -2.14. The molecule has 0 unspecified atom stereocenters. The first-order valence-electron chi connectivity index (χ1n) is 10.6. The number of rotatable bonds is 7. The van der Waals surface area contributed by atoms with Gasteiger partial charge in [0.15, 0.2) is 0 Å². The number of carbonyl (C=O) groups excluding carboxylic acids is 1. The van der Waals surface area contributed by atoms with E-state index in [-0.39, 0.29) is 11.8 Å². The predicted molar refractivity (Wildman–Crippen MR) is 126 cm³/mol. The Hall–Kier alpha value is -3.99. The molecule has 160 valence electrons. The molecule has 0 aliphatic carbocycles. The molecular formula is C27H25N3O2. The smallest absolute Gasteiger partial charge is 0.255 e. The van der Waals surface area contributed by atoms with E-state index in [1.807, 2.05) is 67.6 Å². The maximum atomic E-state index is 12.8. The third-order valence-electron chi connectivity index (χ3n) is 5.11. The Morgan fingerprint density at radius 3 is 2.53 bits per heavy atom.